The summed E-state index contributed by atoms with van der Waals surface area (Å²) < 4.78 is 75.1. The van der Waals surface area contributed by atoms with Gasteiger partial charge in [0.05, 0.1) is 35.5 Å². The number of pyridine rings is 2. The van der Waals surface area contributed by atoms with Crippen LogP contribution in [0.15, 0.2) is 47.8 Å². The van der Waals surface area contributed by atoms with Crippen molar-refractivity contribution in [2.24, 2.45) is 0 Å². The fraction of sp³-hybridized carbons (Fsp3) is 0.105. The third-order valence-electron chi connectivity index (χ3n) is 4.38. The monoisotopic (exact) mass is 449 g/mol. The largest absolute Gasteiger partial charge is 0.487 e. The SMILES string of the molecule is Cc1ncc(F)cc1S(=O)(=O)Nc1ccc(F)c(COc2cnc3[nH]ncc3c2)c1F. The van der Waals surface area contributed by atoms with Crippen LogP contribution in [0.3, 0.4) is 0 Å². The van der Waals surface area contributed by atoms with E-state index in [0.717, 1.165) is 24.4 Å². The van der Waals surface area contributed by atoms with Gasteiger partial charge in [-0.3, -0.25) is 14.8 Å². The molecular weight excluding hydrogens is 435 g/mol. The van der Waals surface area contributed by atoms with Gasteiger partial charge >= 0.3 is 0 Å². The van der Waals surface area contributed by atoms with Crippen LogP contribution in [0.1, 0.15) is 11.3 Å². The second-order valence-electron chi connectivity index (χ2n) is 6.50. The number of ether oxygens (including phenoxy) is 1. The van der Waals surface area contributed by atoms with E-state index in [4.69, 9.17) is 4.74 Å². The number of aromatic amines is 1. The lowest BCUT2D eigenvalue weighted by atomic mass is 10.2. The van der Waals surface area contributed by atoms with E-state index in [-0.39, 0.29) is 11.4 Å². The van der Waals surface area contributed by atoms with Crippen molar-refractivity contribution < 1.29 is 26.3 Å². The minimum Gasteiger partial charge on any atom is -0.487 e. The number of aromatic nitrogens is 4. The standard InChI is InChI=1S/C19H14F3N5O3S/c1-10-17(5-12(20)7-23-10)31(28,29)27-16-3-2-15(21)14(18(16)22)9-30-13-4-11-6-25-26-19(11)24-8-13/h2-8,27H,9H2,1H3,(H,24,25,26). The first-order chi connectivity index (χ1) is 14.7. The summed E-state index contributed by atoms with van der Waals surface area (Å²) in [7, 11) is -4.38. The van der Waals surface area contributed by atoms with Crippen molar-refractivity contribution in [1.82, 2.24) is 20.2 Å². The highest BCUT2D eigenvalue weighted by atomic mass is 32.2. The Morgan fingerprint density at radius 2 is 1.90 bits per heavy atom. The molecule has 31 heavy (non-hydrogen) atoms. The number of fused-ring (bicyclic) bond motifs is 1. The number of H-pyrrole nitrogens is 1. The van der Waals surface area contributed by atoms with Crippen molar-refractivity contribution in [3.8, 4) is 5.75 Å². The molecule has 8 nitrogen and oxygen atoms in total. The third-order valence-corrected chi connectivity index (χ3v) is 5.86. The van der Waals surface area contributed by atoms with Crippen LogP contribution in [-0.2, 0) is 16.6 Å². The Hall–Kier alpha value is -3.67. The van der Waals surface area contributed by atoms with Crippen molar-refractivity contribution in [2.75, 3.05) is 4.72 Å². The maximum atomic E-state index is 14.9. The molecule has 0 radical (unpaired) electrons. The summed E-state index contributed by atoms with van der Waals surface area (Å²) in [5.41, 5.74) is -0.487. The van der Waals surface area contributed by atoms with Crippen LogP contribution in [0.4, 0.5) is 18.9 Å². The van der Waals surface area contributed by atoms with Gasteiger partial charge in [-0.05, 0) is 31.2 Å². The van der Waals surface area contributed by atoms with Gasteiger partial charge in [-0.1, -0.05) is 0 Å². The van der Waals surface area contributed by atoms with Crippen LogP contribution >= 0.6 is 0 Å². The molecule has 4 aromatic rings. The summed E-state index contributed by atoms with van der Waals surface area (Å²) >= 11 is 0. The highest BCUT2D eigenvalue weighted by Gasteiger charge is 2.23. The smallest absolute Gasteiger partial charge is 0.263 e. The molecule has 3 heterocycles. The first-order valence-electron chi connectivity index (χ1n) is 8.78. The number of aryl methyl sites for hydroxylation is 1. The number of benzene rings is 1. The van der Waals surface area contributed by atoms with E-state index in [1.165, 1.54) is 19.3 Å². The molecule has 0 amide bonds. The molecule has 0 unspecified atom stereocenters. The van der Waals surface area contributed by atoms with E-state index in [1.54, 1.807) is 6.07 Å². The summed E-state index contributed by atoms with van der Waals surface area (Å²) in [4.78, 5) is 7.23. The van der Waals surface area contributed by atoms with E-state index < -0.39 is 50.2 Å². The van der Waals surface area contributed by atoms with Crippen molar-refractivity contribution in [3.63, 3.8) is 0 Å². The van der Waals surface area contributed by atoms with E-state index >= 15 is 0 Å². The van der Waals surface area contributed by atoms with Crippen LogP contribution in [0.25, 0.3) is 11.0 Å². The molecular formula is C19H14F3N5O3S. The van der Waals surface area contributed by atoms with Gasteiger partial charge in [0.2, 0.25) is 0 Å². The van der Waals surface area contributed by atoms with E-state index in [9.17, 15) is 21.6 Å². The van der Waals surface area contributed by atoms with E-state index in [2.05, 4.69) is 20.2 Å². The van der Waals surface area contributed by atoms with Crippen LogP contribution in [-0.4, -0.2) is 28.6 Å². The van der Waals surface area contributed by atoms with Crippen LogP contribution < -0.4 is 9.46 Å². The van der Waals surface area contributed by atoms with Gasteiger partial charge in [-0.25, -0.2) is 26.6 Å². The number of hydrogen-bond acceptors (Lipinski definition) is 6. The quantitative estimate of drug-likeness (QED) is 0.467. The first-order valence-corrected chi connectivity index (χ1v) is 10.3. The Morgan fingerprint density at radius 1 is 1.10 bits per heavy atom. The highest BCUT2D eigenvalue weighted by Crippen LogP contribution is 2.26. The van der Waals surface area contributed by atoms with Crippen LogP contribution in [0.2, 0.25) is 0 Å². The van der Waals surface area contributed by atoms with Gasteiger partial charge in [0.15, 0.2) is 11.5 Å². The molecule has 3 aromatic heterocycles. The molecule has 0 spiro atoms. The molecule has 2 N–H and O–H groups in total. The predicted molar refractivity (Wildman–Crippen MR) is 104 cm³/mol. The lowest BCUT2D eigenvalue weighted by Gasteiger charge is -2.14. The second-order valence-corrected chi connectivity index (χ2v) is 8.15. The van der Waals surface area contributed by atoms with Gasteiger partial charge in [0.1, 0.15) is 28.9 Å². The molecule has 12 heteroatoms. The van der Waals surface area contributed by atoms with Crippen molar-refractivity contribution in [2.45, 2.75) is 18.4 Å². The third kappa shape index (κ3) is 4.14. The summed E-state index contributed by atoms with van der Waals surface area (Å²) in [6, 6.07) is 4.16. The van der Waals surface area contributed by atoms with E-state index in [0.29, 0.717) is 11.0 Å². The molecule has 0 atom stereocenters. The van der Waals surface area contributed by atoms with Crippen molar-refractivity contribution in [1.29, 1.82) is 0 Å². The lowest BCUT2D eigenvalue weighted by molar-refractivity contribution is 0.292. The average molecular weight is 449 g/mol. The Balaban J connectivity index is 1.60. The number of halogens is 3. The highest BCUT2D eigenvalue weighted by molar-refractivity contribution is 7.92. The number of nitrogens with zero attached hydrogens (tertiary/aromatic N) is 3. The fourth-order valence-electron chi connectivity index (χ4n) is 2.82. The molecule has 160 valence electrons. The van der Waals surface area contributed by atoms with Crippen LogP contribution in [0, 0.1) is 24.4 Å². The topological polar surface area (TPSA) is 110 Å². The Kier molecular flexibility index (Phi) is 5.23. The van der Waals surface area contributed by atoms with Gasteiger partial charge in [0, 0.05) is 5.39 Å². The maximum Gasteiger partial charge on any atom is 0.263 e. The normalized spacial score (nSPS) is 11.6. The van der Waals surface area contributed by atoms with Crippen LogP contribution in [0.5, 0.6) is 5.75 Å². The average Bonchev–Trinajstić information content (AvgIpc) is 3.19. The summed E-state index contributed by atoms with van der Waals surface area (Å²) in [5.74, 6) is -2.73. The first kappa shape index (κ1) is 20.6. The molecule has 0 aliphatic carbocycles. The van der Waals surface area contributed by atoms with Gasteiger partial charge in [-0.2, -0.15) is 5.10 Å². The second kappa shape index (κ2) is 7.87. The predicted octanol–water partition coefficient (Wildman–Crippen LogP) is 3.46. The molecule has 4 rings (SSSR count). The number of nitrogens with one attached hydrogen (secondary N) is 2. The lowest BCUT2D eigenvalue weighted by Crippen LogP contribution is -2.17. The number of hydrogen-bond donors (Lipinski definition) is 2. The Morgan fingerprint density at radius 3 is 2.71 bits per heavy atom. The minimum absolute atomic E-state index is 0.0158. The van der Waals surface area contributed by atoms with Gasteiger partial charge in [0.25, 0.3) is 10.0 Å². The van der Waals surface area contributed by atoms with Gasteiger partial charge < -0.3 is 4.74 Å². The zero-order chi connectivity index (χ0) is 22.2. The Bertz CT molecular complexity index is 1390. The molecule has 0 saturated carbocycles. The van der Waals surface area contributed by atoms with Gasteiger partial charge in [-0.15, -0.1) is 0 Å². The molecule has 1 aromatic carbocycles. The number of sulfonamides is 1. The molecule has 0 aliphatic heterocycles. The molecule has 0 saturated heterocycles. The molecule has 0 bridgehead atoms. The number of anilines is 1. The zero-order valence-corrected chi connectivity index (χ0v) is 16.7. The maximum absolute atomic E-state index is 14.9. The molecule has 0 aliphatic rings. The molecule has 0 fully saturated rings. The number of rotatable bonds is 6. The van der Waals surface area contributed by atoms with Crippen molar-refractivity contribution >= 4 is 26.7 Å². The summed E-state index contributed by atoms with van der Waals surface area (Å²) in [6.45, 7) is 0.831. The fourth-order valence-corrected chi connectivity index (χ4v) is 4.09. The zero-order valence-electron chi connectivity index (χ0n) is 15.9. The minimum atomic E-state index is -4.38. The van der Waals surface area contributed by atoms with E-state index in [1.807, 2.05) is 4.72 Å². The Labute approximate surface area is 174 Å². The van der Waals surface area contributed by atoms with Crippen molar-refractivity contribution in [3.05, 3.63) is 71.6 Å². The summed E-state index contributed by atoms with van der Waals surface area (Å²) in [6.07, 6.45) is 3.72. The summed E-state index contributed by atoms with van der Waals surface area (Å²) in [5, 5.41) is 7.11.